The molecule has 1 saturated heterocycles. The van der Waals surface area contributed by atoms with Crippen molar-refractivity contribution in [3.05, 3.63) is 35.9 Å². The number of rotatable bonds is 7. The third-order valence-electron chi connectivity index (χ3n) is 4.79. The minimum Gasteiger partial charge on any atom is -0.347 e. The molecule has 12 heteroatoms. The van der Waals surface area contributed by atoms with Crippen molar-refractivity contribution in [3.63, 3.8) is 0 Å². The smallest absolute Gasteiger partial charge is 0.288 e. The molecule has 1 fully saturated rings. The number of tetrazole rings is 1. The van der Waals surface area contributed by atoms with E-state index in [1.54, 1.807) is 44.2 Å². The number of sulfone groups is 1. The molecular formula is C18H25N5O6S. The number of amides is 1. The fourth-order valence-corrected chi connectivity index (χ4v) is 5.14. The highest BCUT2D eigenvalue weighted by Gasteiger charge is 2.46. The van der Waals surface area contributed by atoms with Crippen LogP contribution in [0.15, 0.2) is 35.5 Å². The molecule has 0 saturated carbocycles. The number of nitrogens with one attached hydrogen (secondary N) is 1. The van der Waals surface area contributed by atoms with Gasteiger partial charge >= 0.3 is 0 Å². The van der Waals surface area contributed by atoms with Gasteiger partial charge in [0.2, 0.25) is 15.7 Å². The summed E-state index contributed by atoms with van der Waals surface area (Å²) in [6, 6.07) is 8.68. The van der Waals surface area contributed by atoms with E-state index in [0.717, 1.165) is 5.06 Å². The zero-order valence-corrected chi connectivity index (χ0v) is 18.0. The number of hydrogen-bond acceptors (Lipinski definition) is 9. The Hall–Kier alpha value is -2.41. The molecule has 1 aromatic carbocycles. The standard InChI is InChI=1S/C18H25N5O6S/c1-18(2)28-13(11-15(24)23(3)27-4)10-14(29-18)16(12-8-6-5-7-9-12)30(25,26)17-19-21-22-20-17/h5-9,13-14,16H,10-11H2,1-4H3,(H,19,20,21,22)/t13-,14+,16?/m1/s1. The van der Waals surface area contributed by atoms with Crippen LogP contribution in [-0.4, -0.2) is 72.2 Å². The summed E-state index contributed by atoms with van der Waals surface area (Å²) in [7, 11) is -1.16. The lowest BCUT2D eigenvalue weighted by atomic mass is 9.98. The van der Waals surface area contributed by atoms with E-state index in [4.69, 9.17) is 14.3 Å². The van der Waals surface area contributed by atoms with Crippen molar-refractivity contribution in [2.24, 2.45) is 0 Å². The molecule has 0 bridgehead atoms. The van der Waals surface area contributed by atoms with Crippen molar-refractivity contribution in [1.82, 2.24) is 25.7 Å². The molecule has 30 heavy (non-hydrogen) atoms. The van der Waals surface area contributed by atoms with E-state index in [1.165, 1.54) is 14.2 Å². The Morgan fingerprint density at radius 3 is 2.63 bits per heavy atom. The van der Waals surface area contributed by atoms with Crippen LogP contribution in [0.1, 0.15) is 37.5 Å². The lowest BCUT2D eigenvalue weighted by Gasteiger charge is -2.43. The molecule has 3 atom stereocenters. The van der Waals surface area contributed by atoms with Crippen LogP contribution in [0.2, 0.25) is 0 Å². The molecule has 1 unspecified atom stereocenters. The van der Waals surface area contributed by atoms with E-state index in [0.29, 0.717) is 5.56 Å². The third-order valence-corrected chi connectivity index (χ3v) is 6.71. The summed E-state index contributed by atoms with van der Waals surface area (Å²) in [6.45, 7) is 3.36. The molecule has 1 aliphatic heterocycles. The summed E-state index contributed by atoms with van der Waals surface area (Å²) in [4.78, 5) is 17.2. The first-order chi connectivity index (χ1) is 14.1. The Bertz CT molecular complexity index is 951. The van der Waals surface area contributed by atoms with Crippen LogP contribution in [0.25, 0.3) is 0 Å². The molecule has 3 rings (SSSR count). The second-order valence-corrected chi connectivity index (χ2v) is 9.34. The maximum atomic E-state index is 13.4. The maximum Gasteiger partial charge on any atom is 0.288 e. The fraction of sp³-hybridized carbons (Fsp3) is 0.556. The predicted molar refractivity (Wildman–Crippen MR) is 103 cm³/mol. The molecule has 0 aliphatic carbocycles. The first-order valence-electron chi connectivity index (χ1n) is 9.32. The van der Waals surface area contributed by atoms with Crippen LogP contribution in [-0.2, 0) is 28.9 Å². The van der Waals surface area contributed by atoms with Crippen LogP contribution in [0.5, 0.6) is 0 Å². The molecule has 1 amide bonds. The predicted octanol–water partition coefficient (Wildman–Crippen LogP) is 1.03. The number of nitrogens with zero attached hydrogens (tertiary/aromatic N) is 4. The molecule has 0 spiro atoms. The quantitative estimate of drug-likeness (QED) is 0.627. The highest BCUT2D eigenvalue weighted by molar-refractivity contribution is 7.91. The van der Waals surface area contributed by atoms with Gasteiger partial charge in [-0.3, -0.25) is 9.63 Å². The number of H-pyrrole nitrogens is 1. The lowest BCUT2D eigenvalue weighted by molar-refractivity contribution is -0.300. The van der Waals surface area contributed by atoms with Crippen LogP contribution in [0.3, 0.4) is 0 Å². The van der Waals surface area contributed by atoms with Crippen LogP contribution in [0.4, 0.5) is 0 Å². The Labute approximate surface area is 174 Å². The number of aromatic nitrogens is 4. The number of hydrogen-bond donors (Lipinski definition) is 1. The minimum absolute atomic E-state index is 0.0113. The van der Waals surface area contributed by atoms with E-state index in [9.17, 15) is 13.2 Å². The van der Waals surface area contributed by atoms with E-state index in [-0.39, 0.29) is 18.7 Å². The number of benzene rings is 1. The van der Waals surface area contributed by atoms with Gasteiger partial charge in [-0.1, -0.05) is 35.4 Å². The monoisotopic (exact) mass is 439 g/mol. The first-order valence-corrected chi connectivity index (χ1v) is 10.9. The molecule has 1 aromatic heterocycles. The van der Waals surface area contributed by atoms with E-state index < -0.39 is 38.2 Å². The summed E-state index contributed by atoms with van der Waals surface area (Å²) in [6.07, 6.45) is -1.21. The number of aromatic amines is 1. The van der Waals surface area contributed by atoms with Crippen molar-refractivity contribution in [1.29, 1.82) is 0 Å². The van der Waals surface area contributed by atoms with Crippen LogP contribution >= 0.6 is 0 Å². The van der Waals surface area contributed by atoms with Gasteiger partial charge in [0.25, 0.3) is 5.16 Å². The number of carbonyl (C=O) groups excluding carboxylic acids is 1. The van der Waals surface area contributed by atoms with Gasteiger partial charge in [0.15, 0.2) is 5.79 Å². The average molecular weight is 439 g/mol. The molecule has 0 radical (unpaired) electrons. The van der Waals surface area contributed by atoms with Crippen molar-refractivity contribution in [2.75, 3.05) is 14.2 Å². The molecule has 2 aromatic rings. The van der Waals surface area contributed by atoms with Crippen molar-refractivity contribution in [3.8, 4) is 0 Å². The summed E-state index contributed by atoms with van der Waals surface area (Å²) < 4.78 is 38.7. The van der Waals surface area contributed by atoms with E-state index >= 15 is 0 Å². The molecule has 1 N–H and O–H groups in total. The number of carbonyl (C=O) groups is 1. The summed E-state index contributed by atoms with van der Waals surface area (Å²) >= 11 is 0. The largest absolute Gasteiger partial charge is 0.347 e. The van der Waals surface area contributed by atoms with Crippen LogP contribution < -0.4 is 0 Å². The highest BCUT2D eigenvalue weighted by atomic mass is 32.2. The molecule has 2 heterocycles. The summed E-state index contributed by atoms with van der Waals surface area (Å²) in [5.41, 5.74) is 0.518. The van der Waals surface area contributed by atoms with Gasteiger partial charge in [-0.15, -0.1) is 5.10 Å². The highest BCUT2D eigenvalue weighted by Crippen LogP contribution is 2.40. The van der Waals surface area contributed by atoms with Gasteiger partial charge in [-0.2, -0.15) is 5.21 Å². The van der Waals surface area contributed by atoms with Crippen molar-refractivity contribution in [2.45, 2.75) is 55.1 Å². The Kier molecular flexibility index (Phi) is 6.50. The van der Waals surface area contributed by atoms with Gasteiger partial charge in [-0.25, -0.2) is 13.5 Å². The van der Waals surface area contributed by atoms with Gasteiger partial charge in [0, 0.05) is 13.5 Å². The normalized spacial score (nSPS) is 22.4. The number of hydroxylamine groups is 2. The van der Waals surface area contributed by atoms with Crippen molar-refractivity contribution >= 4 is 15.7 Å². The average Bonchev–Trinajstić information content (AvgIpc) is 3.22. The molecule has 11 nitrogen and oxygen atoms in total. The zero-order valence-electron chi connectivity index (χ0n) is 17.2. The first kappa shape index (κ1) is 22.3. The number of ether oxygens (including phenoxy) is 2. The Morgan fingerprint density at radius 2 is 2.03 bits per heavy atom. The Balaban J connectivity index is 1.97. The van der Waals surface area contributed by atoms with E-state index in [1.807, 2.05) is 0 Å². The van der Waals surface area contributed by atoms with E-state index in [2.05, 4.69) is 20.6 Å². The molecule has 164 valence electrons. The molecular weight excluding hydrogens is 414 g/mol. The SMILES string of the molecule is CON(C)C(=O)C[C@H]1C[C@@H](C(c2ccccc2)S(=O)(=O)c2nn[nH]n2)OC(C)(C)O1. The summed E-state index contributed by atoms with van der Waals surface area (Å²) in [5.74, 6) is -1.41. The van der Waals surface area contributed by atoms with Gasteiger partial charge < -0.3 is 9.47 Å². The topological polar surface area (TPSA) is 137 Å². The van der Waals surface area contributed by atoms with Gasteiger partial charge in [-0.05, 0) is 24.6 Å². The zero-order chi connectivity index (χ0) is 21.9. The van der Waals surface area contributed by atoms with Crippen LogP contribution in [0, 0.1) is 0 Å². The van der Waals surface area contributed by atoms with Crippen molar-refractivity contribution < 1.29 is 27.5 Å². The maximum absolute atomic E-state index is 13.4. The summed E-state index contributed by atoms with van der Waals surface area (Å²) in [5, 5.41) is 12.5. The Morgan fingerprint density at radius 1 is 1.33 bits per heavy atom. The molecule has 1 aliphatic rings. The van der Waals surface area contributed by atoms with Gasteiger partial charge in [0.05, 0.1) is 25.7 Å². The fourth-order valence-electron chi connectivity index (χ4n) is 3.51. The lowest BCUT2D eigenvalue weighted by Crippen LogP contribution is -2.49. The third kappa shape index (κ3) is 4.83. The minimum atomic E-state index is -4.05. The van der Waals surface area contributed by atoms with Gasteiger partial charge in [0.1, 0.15) is 5.25 Å². The second-order valence-electron chi connectivity index (χ2n) is 7.38. The second kappa shape index (κ2) is 8.76.